The summed E-state index contributed by atoms with van der Waals surface area (Å²) in [5, 5.41) is 0.628. The number of ether oxygens (including phenoxy) is 1. The first-order chi connectivity index (χ1) is 8.76. The summed E-state index contributed by atoms with van der Waals surface area (Å²) < 4.78 is 5.43. The van der Waals surface area contributed by atoms with E-state index in [2.05, 4.69) is 4.98 Å². The molecule has 1 aromatic carbocycles. The van der Waals surface area contributed by atoms with Crippen molar-refractivity contribution >= 4 is 11.6 Å². The molecule has 0 radical (unpaired) electrons. The van der Waals surface area contributed by atoms with Gasteiger partial charge >= 0.3 is 0 Å². The zero-order valence-corrected chi connectivity index (χ0v) is 11.1. The average molecular weight is 265 g/mol. The van der Waals surface area contributed by atoms with E-state index in [-0.39, 0.29) is 5.92 Å². The van der Waals surface area contributed by atoms with Crippen LogP contribution >= 0.6 is 11.6 Å². The molecule has 0 fully saturated rings. The summed E-state index contributed by atoms with van der Waals surface area (Å²) in [7, 11) is 0. The highest BCUT2D eigenvalue weighted by Crippen LogP contribution is 2.31. The van der Waals surface area contributed by atoms with Crippen LogP contribution in [0.3, 0.4) is 0 Å². The summed E-state index contributed by atoms with van der Waals surface area (Å²) in [5.74, 6) is 0.872. The van der Waals surface area contributed by atoms with E-state index in [0.29, 0.717) is 23.9 Å². The van der Waals surface area contributed by atoms with E-state index in [1.54, 1.807) is 0 Å². The van der Waals surface area contributed by atoms with Crippen LogP contribution < -0.4 is 10.5 Å². The number of hydrogen-bond acceptors (Lipinski definition) is 2. The Labute approximate surface area is 112 Å². The monoisotopic (exact) mass is 264 g/mol. The summed E-state index contributed by atoms with van der Waals surface area (Å²) in [6, 6.07) is 7.87. The maximum Gasteiger partial charge on any atom is 0.137 e. The van der Waals surface area contributed by atoms with E-state index in [0.717, 1.165) is 11.1 Å². The molecule has 96 valence electrons. The van der Waals surface area contributed by atoms with Crippen molar-refractivity contribution in [1.82, 2.24) is 4.98 Å². The molecule has 0 aliphatic heterocycles. The van der Waals surface area contributed by atoms with Crippen LogP contribution in [-0.2, 0) is 0 Å². The fourth-order valence-corrected chi connectivity index (χ4v) is 2.27. The maximum absolute atomic E-state index is 6.20. The molecule has 0 aliphatic carbocycles. The zero-order valence-electron chi connectivity index (χ0n) is 10.3. The van der Waals surface area contributed by atoms with Gasteiger partial charge in [-0.25, -0.2) is 0 Å². The smallest absolute Gasteiger partial charge is 0.137 e. The first kappa shape index (κ1) is 13.0. The van der Waals surface area contributed by atoms with Crippen LogP contribution in [0.25, 0.3) is 0 Å². The van der Waals surface area contributed by atoms with Crippen LogP contribution in [0, 0.1) is 0 Å². The molecular formula is C14H17ClN2O. The number of hydrogen-bond donors (Lipinski definition) is 2. The zero-order chi connectivity index (χ0) is 13.0. The van der Waals surface area contributed by atoms with Gasteiger partial charge in [-0.05, 0) is 36.2 Å². The Morgan fingerprint density at radius 1 is 1.33 bits per heavy atom. The molecule has 1 atom stereocenters. The summed E-state index contributed by atoms with van der Waals surface area (Å²) >= 11 is 6.20. The number of nitrogens with two attached hydrogens (primary N) is 1. The second-order valence-electron chi connectivity index (χ2n) is 4.06. The first-order valence-corrected chi connectivity index (χ1v) is 6.39. The second kappa shape index (κ2) is 5.94. The third-order valence-electron chi connectivity index (χ3n) is 2.92. The molecule has 1 unspecified atom stereocenters. The van der Waals surface area contributed by atoms with Gasteiger partial charge in [0, 0.05) is 24.9 Å². The van der Waals surface area contributed by atoms with Crippen molar-refractivity contribution in [3.63, 3.8) is 0 Å². The molecule has 0 saturated carbocycles. The van der Waals surface area contributed by atoms with Crippen molar-refractivity contribution in [2.45, 2.75) is 12.8 Å². The lowest BCUT2D eigenvalue weighted by atomic mass is 9.93. The Kier molecular flexibility index (Phi) is 4.28. The van der Waals surface area contributed by atoms with Gasteiger partial charge in [0.25, 0.3) is 0 Å². The first-order valence-electron chi connectivity index (χ1n) is 6.01. The van der Waals surface area contributed by atoms with Crippen molar-refractivity contribution in [3.8, 4) is 5.75 Å². The Morgan fingerprint density at radius 2 is 2.17 bits per heavy atom. The van der Waals surface area contributed by atoms with Crippen molar-refractivity contribution in [1.29, 1.82) is 0 Å². The van der Waals surface area contributed by atoms with E-state index in [4.69, 9.17) is 22.1 Å². The standard InChI is InChI=1S/C14H17ClN2O/c1-2-18-14-4-3-10(7-13(14)15)12(8-16)11-5-6-17-9-11/h3-7,9,12,17H,2,8,16H2,1H3. The molecule has 0 bridgehead atoms. The van der Waals surface area contributed by atoms with Gasteiger partial charge < -0.3 is 15.5 Å². The number of aromatic amines is 1. The third-order valence-corrected chi connectivity index (χ3v) is 3.21. The topological polar surface area (TPSA) is 51.0 Å². The SMILES string of the molecule is CCOc1ccc(C(CN)c2cc[nH]c2)cc1Cl. The van der Waals surface area contributed by atoms with Gasteiger partial charge in [-0.3, -0.25) is 0 Å². The Bertz CT molecular complexity index is 497. The van der Waals surface area contributed by atoms with Gasteiger partial charge in [0.1, 0.15) is 5.75 Å². The molecule has 0 aliphatic rings. The van der Waals surface area contributed by atoms with Gasteiger partial charge in [-0.15, -0.1) is 0 Å². The summed E-state index contributed by atoms with van der Waals surface area (Å²) in [4.78, 5) is 3.05. The third kappa shape index (κ3) is 2.68. The van der Waals surface area contributed by atoms with Gasteiger partial charge in [0.2, 0.25) is 0 Å². The fraction of sp³-hybridized carbons (Fsp3) is 0.286. The van der Waals surface area contributed by atoms with Gasteiger partial charge in [-0.1, -0.05) is 17.7 Å². The van der Waals surface area contributed by atoms with Crippen molar-refractivity contribution in [2.75, 3.05) is 13.2 Å². The summed E-state index contributed by atoms with van der Waals surface area (Å²) in [5.41, 5.74) is 8.12. The number of halogens is 1. The Balaban J connectivity index is 2.30. The average Bonchev–Trinajstić information content (AvgIpc) is 2.87. The van der Waals surface area contributed by atoms with Crippen LogP contribution in [0.1, 0.15) is 24.0 Å². The lowest BCUT2D eigenvalue weighted by molar-refractivity contribution is 0.340. The second-order valence-corrected chi connectivity index (χ2v) is 4.46. The predicted molar refractivity (Wildman–Crippen MR) is 74.3 cm³/mol. The van der Waals surface area contributed by atoms with Crippen molar-refractivity contribution in [2.24, 2.45) is 5.73 Å². The van der Waals surface area contributed by atoms with E-state index >= 15 is 0 Å². The largest absolute Gasteiger partial charge is 0.492 e. The molecule has 0 amide bonds. The number of H-pyrrole nitrogens is 1. The van der Waals surface area contributed by atoms with Crippen molar-refractivity contribution in [3.05, 3.63) is 52.8 Å². The van der Waals surface area contributed by atoms with Gasteiger partial charge in [0.05, 0.1) is 11.6 Å². The molecule has 18 heavy (non-hydrogen) atoms. The summed E-state index contributed by atoms with van der Waals surface area (Å²) in [6.45, 7) is 3.09. The lowest BCUT2D eigenvalue weighted by Crippen LogP contribution is -2.13. The van der Waals surface area contributed by atoms with Crippen LogP contribution in [0.4, 0.5) is 0 Å². The fourth-order valence-electron chi connectivity index (χ4n) is 2.02. The van der Waals surface area contributed by atoms with Crippen LogP contribution in [0.5, 0.6) is 5.75 Å². The van der Waals surface area contributed by atoms with E-state index < -0.39 is 0 Å². The Hall–Kier alpha value is -1.45. The predicted octanol–water partition coefficient (Wildman–Crippen LogP) is 3.16. The minimum absolute atomic E-state index is 0.157. The molecule has 2 rings (SSSR count). The molecular weight excluding hydrogens is 248 g/mol. The molecule has 1 aromatic heterocycles. The maximum atomic E-state index is 6.20. The molecule has 0 saturated heterocycles. The lowest BCUT2D eigenvalue weighted by Gasteiger charge is -2.15. The number of nitrogens with one attached hydrogen (secondary N) is 1. The number of benzene rings is 1. The Morgan fingerprint density at radius 3 is 2.72 bits per heavy atom. The van der Waals surface area contributed by atoms with E-state index in [9.17, 15) is 0 Å². The highest BCUT2D eigenvalue weighted by atomic mass is 35.5. The minimum atomic E-state index is 0.157. The highest BCUT2D eigenvalue weighted by molar-refractivity contribution is 6.32. The van der Waals surface area contributed by atoms with Gasteiger partial charge in [-0.2, -0.15) is 0 Å². The normalized spacial score (nSPS) is 12.4. The number of aromatic nitrogens is 1. The highest BCUT2D eigenvalue weighted by Gasteiger charge is 2.14. The summed E-state index contributed by atoms with van der Waals surface area (Å²) in [6.07, 6.45) is 3.86. The van der Waals surface area contributed by atoms with E-state index in [1.165, 1.54) is 0 Å². The van der Waals surface area contributed by atoms with Crippen LogP contribution in [-0.4, -0.2) is 18.1 Å². The van der Waals surface area contributed by atoms with E-state index in [1.807, 2.05) is 43.6 Å². The molecule has 1 heterocycles. The van der Waals surface area contributed by atoms with Crippen LogP contribution in [0.15, 0.2) is 36.7 Å². The number of rotatable bonds is 5. The van der Waals surface area contributed by atoms with Crippen molar-refractivity contribution < 1.29 is 4.74 Å². The minimum Gasteiger partial charge on any atom is -0.492 e. The molecule has 3 nitrogen and oxygen atoms in total. The van der Waals surface area contributed by atoms with Gasteiger partial charge in [0.15, 0.2) is 0 Å². The molecule has 2 aromatic rings. The van der Waals surface area contributed by atoms with Crippen LogP contribution in [0.2, 0.25) is 5.02 Å². The molecule has 4 heteroatoms. The molecule has 0 spiro atoms. The quantitative estimate of drug-likeness (QED) is 0.872. The molecule has 3 N–H and O–H groups in total.